The van der Waals surface area contributed by atoms with Gasteiger partial charge in [0.15, 0.2) is 0 Å². The predicted molar refractivity (Wildman–Crippen MR) is 68.6 cm³/mol. The molecule has 0 atom stereocenters. The molecular formula is C12H5BrClF3O2. The third-order valence-corrected chi connectivity index (χ3v) is 3.80. The average molecular weight is 354 g/mol. The van der Waals surface area contributed by atoms with Crippen LogP contribution in [0.15, 0.2) is 28.7 Å². The van der Waals surface area contributed by atoms with Gasteiger partial charge in [0.05, 0.1) is 16.1 Å². The average Bonchev–Trinajstić information content (AvgIpc) is 2.31. The number of carboxylic acids is 1. The first kappa shape index (κ1) is 14.1. The van der Waals surface area contributed by atoms with Crippen LogP contribution in [-0.2, 0) is 6.18 Å². The molecule has 100 valence electrons. The number of alkyl halides is 3. The van der Waals surface area contributed by atoms with Crippen molar-refractivity contribution in [2.45, 2.75) is 6.18 Å². The van der Waals surface area contributed by atoms with Gasteiger partial charge in [0.1, 0.15) is 0 Å². The van der Waals surface area contributed by atoms with E-state index >= 15 is 0 Å². The van der Waals surface area contributed by atoms with Crippen molar-refractivity contribution in [3.8, 4) is 0 Å². The van der Waals surface area contributed by atoms with Crippen LogP contribution in [0.5, 0.6) is 0 Å². The SMILES string of the molecule is O=C(O)c1c(C(F)(F)F)c(Cl)c2ccccc2c1Br. The van der Waals surface area contributed by atoms with E-state index in [2.05, 4.69) is 15.9 Å². The third kappa shape index (κ3) is 2.30. The number of halogens is 5. The number of carbonyl (C=O) groups is 1. The molecule has 2 rings (SSSR count). The van der Waals surface area contributed by atoms with Gasteiger partial charge >= 0.3 is 12.1 Å². The Labute approximate surface area is 118 Å². The minimum Gasteiger partial charge on any atom is -0.478 e. The van der Waals surface area contributed by atoms with Crippen molar-refractivity contribution >= 4 is 44.3 Å². The summed E-state index contributed by atoms with van der Waals surface area (Å²) in [4.78, 5) is 11.1. The Balaban J connectivity index is 3.05. The van der Waals surface area contributed by atoms with Gasteiger partial charge in [-0.2, -0.15) is 13.2 Å². The number of aromatic carboxylic acids is 1. The molecule has 1 N–H and O–H groups in total. The predicted octanol–water partition coefficient (Wildman–Crippen LogP) is 4.97. The molecule has 0 unspecified atom stereocenters. The Morgan fingerprint density at radius 3 is 2.21 bits per heavy atom. The first-order valence-electron chi connectivity index (χ1n) is 4.95. The van der Waals surface area contributed by atoms with Gasteiger partial charge in [0.25, 0.3) is 0 Å². The van der Waals surface area contributed by atoms with E-state index in [0.29, 0.717) is 5.39 Å². The van der Waals surface area contributed by atoms with E-state index in [9.17, 15) is 18.0 Å². The van der Waals surface area contributed by atoms with Gasteiger partial charge in [0.2, 0.25) is 0 Å². The molecule has 2 aromatic carbocycles. The molecule has 0 aliphatic carbocycles. The summed E-state index contributed by atoms with van der Waals surface area (Å²) in [5.41, 5.74) is -2.22. The number of rotatable bonds is 1. The van der Waals surface area contributed by atoms with E-state index in [1.54, 1.807) is 6.07 Å². The van der Waals surface area contributed by atoms with Crippen LogP contribution < -0.4 is 0 Å². The second kappa shape index (κ2) is 4.68. The Kier molecular flexibility index (Phi) is 3.49. The molecule has 0 spiro atoms. The summed E-state index contributed by atoms with van der Waals surface area (Å²) in [7, 11) is 0. The molecule has 2 nitrogen and oxygen atoms in total. The molecule has 0 fully saturated rings. The molecule has 0 amide bonds. The summed E-state index contributed by atoms with van der Waals surface area (Å²) in [6.07, 6.45) is -4.85. The molecule has 19 heavy (non-hydrogen) atoms. The lowest BCUT2D eigenvalue weighted by molar-refractivity contribution is -0.137. The maximum Gasteiger partial charge on any atom is 0.418 e. The molecule has 7 heteroatoms. The summed E-state index contributed by atoms with van der Waals surface area (Å²) < 4.78 is 38.9. The van der Waals surface area contributed by atoms with Gasteiger partial charge in [-0.15, -0.1) is 0 Å². The normalized spacial score (nSPS) is 11.8. The van der Waals surface area contributed by atoms with Crippen LogP contribution >= 0.6 is 27.5 Å². The van der Waals surface area contributed by atoms with Crippen molar-refractivity contribution in [3.05, 3.63) is 44.9 Å². The zero-order valence-corrected chi connectivity index (χ0v) is 11.4. The molecule has 0 saturated carbocycles. The molecule has 0 saturated heterocycles. The fourth-order valence-corrected chi connectivity index (χ4v) is 2.90. The Hall–Kier alpha value is -1.27. The van der Waals surface area contributed by atoms with Gasteiger partial charge in [-0.1, -0.05) is 35.9 Å². The smallest absolute Gasteiger partial charge is 0.418 e. The zero-order chi connectivity index (χ0) is 14.4. The van der Waals surface area contributed by atoms with Crippen molar-refractivity contribution in [3.63, 3.8) is 0 Å². The van der Waals surface area contributed by atoms with Crippen molar-refractivity contribution < 1.29 is 23.1 Å². The summed E-state index contributed by atoms with van der Waals surface area (Å²) in [5, 5.41) is 8.86. The topological polar surface area (TPSA) is 37.3 Å². The van der Waals surface area contributed by atoms with Gasteiger partial charge in [0, 0.05) is 9.86 Å². The molecule has 0 aromatic heterocycles. The quantitative estimate of drug-likeness (QED) is 0.786. The fraction of sp³-hybridized carbons (Fsp3) is 0.0833. The summed E-state index contributed by atoms with van der Waals surface area (Å²) in [5.74, 6) is -1.69. The minimum absolute atomic E-state index is 0.132. The Morgan fingerprint density at radius 2 is 1.74 bits per heavy atom. The van der Waals surface area contributed by atoms with Crippen LogP contribution in [0.4, 0.5) is 13.2 Å². The highest BCUT2D eigenvalue weighted by Crippen LogP contribution is 2.44. The van der Waals surface area contributed by atoms with E-state index in [-0.39, 0.29) is 9.86 Å². The molecular weight excluding hydrogens is 348 g/mol. The van der Waals surface area contributed by atoms with Crippen molar-refractivity contribution in [2.75, 3.05) is 0 Å². The molecule has 0 bridgehead atoms. The second-order valence-corrected chi connectivity index (χ2v) is 4.90. The highest BCUT2D eigenvalue weighted by atomic mass is 79.9. The van der Waals surface area contributed by atoms with Crippen LogP contribution in [0.3, 0.4) is 0 Å². The van der Waals surface area contributed by atoms with E-state index < -0.39 is 28.3 Å². The molecule has 0 aliphatic heterocycles. The van der Waals surface area contributed by atoms with Gasteiger partial charge in [-0.25, -0.2) is 4.79 Å². The van der Waals surface area contributed by atoms with Crippen LogP contribution in [0.25, 0.3) is 10.8 Å². The summed E-state index contributed by atoms with van der Waals surface area (Å²) in [6.45, 7) is 0. The molecule has 0 heterocycles. The zero-order valence-electron chi connectivity index (χ0n) is 9.05. The summed E-state index contributed by atoms with van der Waals surface area (Å²) >= 11 is 8.66. The van der Waals surface area contributed by atoms with Crippen molar-refractivity contribution in [2.24, 2.45) is 0 Å². The minimum atomic E-state index is -4.85. The third-order valence-electron chi connectivity index (χ3n) is 2.59. The van der Waals surface area contributed by atoms with Gasteiger partial charge < -0.3 is 5.11 Å². The van der Waals surface area contributed by atoms with Crippen LogP contribution in [-0.4, -0.2) is 11.1 Å². The van der Waals surface area contributed by atoms with Gasteiger partial charge in [-0.3, -0.25) is 0 Å². The first-order valence-corrected chi connectivity index (χ1v) is 6.12. The molecule has 0 radical (unpaired) electrons. The first-order chi connectivity index (χ1) is 8.75. The van der Waals surface area contributed by atoms with Crippen LogP contribution in [0, 0.1) is 0 Å². The summed E-state index contributed by atoms with van der Waals surface area (Å²) in [6, 6.07) is 6.02. The molecule has 2 aromatic rings. The van der Waals surface area contributed by atoms with Crippen molar-refractivity contribution in [1.82, 2.24) is 0 Å². The maximum atomic E-state index is 13.0. The van der Waals surface area contributed by atoms with E-state index in [4.69, 9.17) is 16.7 Å². The second-order valence-electron chi connectivity index (χ2n) is 3.73. The van der Waals surface area contributed by atoms with E-state index in [0.717, 1.165) is 0 Å². The maximum absolute atomic E-state index is 13.0. The standard InChI is InChI=1S/C12H5BrClF3O2/c13-9-5-3-1-2-4-6(5)10(14)8(12(15,16)17)7(9)11(18)19/h1-4H,(H,18,19). The number of hydrogen-bond donors (Lipinski definition) is 1. The highest BCUT2D eigenvalue weighted by Gasteiger charge is 2.40. The fourth-order valence-electron chi connectivity index (χ4n) is 1.82. The monoisotopic (exact) mass is 352 g/mol. The van der Waals surface area contributed by atoms with Crippen molar-refractivity contribution in [1.29, 1.82) is 0 Å². The van der Waals surface area contributed by atoms with Crippen LogP contribution in [0.1, 0.15) is 15.9 Å². The van der Waals surface area contributed by atoms with E-state index in [1.807, 2.05) is 0 Å². The Bertz CT molecular complexity index is 683. The lowest BCUT2D eigenvalue weighted by Crippen LogP contribution is -2.15. The number of benzene rings is 2. The molecule has 0 aliphatic rings. The van der Waals surface area contributed by atoms with Gasteiger partial charge in [-0.05, 0) is 21.3 Å². The number of carboxylic acid groups (broad SMARTS) is 1. The van der Waals surface area contributed by atoms with Crippen LogP contribution in [0.2, 0.25) is 5.02 Å². The lowest BCUT2D eigenvalue weighted by Gasteiger charge is -2.16. The number of fused-ring (bicyclic) bond motifs is 1. The number of hydrogen-bond acceptors (Lipinski definition) is 1. The highest BCUT2D eigenvalue weighted by molar-refractivity contribution is 9.10. The largest absolute Gasteiger partial charge is 0.478 e. The Morgan fingerprint density at radius 1 is 1.21 bits per heavy atom. The lowest BCUT2D eigenvalue weighted by atomic mass is 10.00. The van der Waals surface area contributed by atoms with E-state index in [1.165, 1.54) is 18.2 Å².